The first-order chi connectivity index (χ1) is 5.33. The predicted molar refractivity (Wildman–Crippen MR) is 44.3 cm³/mol. The minimum Gasteiger partial charge on any atom is -0.346 e. The highest BCUT2D eigenvalue weighted by molar-refractivity contribution is 5.16. The number of ether oxygens (including phenoxy) is 2. The summed E-state index contributed by atoms with van der Waals surface area (Å²) in [4.78, 5) is 0. The summed E-state index contributed by atoms with van der Waals surface area (Å²) < 4.78 is 10.6. The third kappa shape index (κ3) is 1.91. The highest BCUT2D eigenvalue weighted by Gasteiger charge is 2.24. The van der Waals surface area contributed by atoms with Crippen molar-refractivity contribution < 1.29 is 9.47 Å². The van der Waals surface area contributed by atoms with Crippen molar-refractivity contribution in [2.45, 2.75) is 19.1 Å². The SMILES string of the molecule is CCOC1(OC)C=CCC=C1. The van der Waals surface area contributed by atoms with Gasteiger partial charge in [0.25, 0.3) is 0 Å². The molecule has 1 rings (SSSR count). The molecule has 0 heterocycles. The number of hydrogen-bond donors (Lipinski definition) is 0. The maximum absolute atomic E-state index is 5.42. The lowest BCUT2D eigenvalue weighted by molar-refractivity contribution is -0.150. The van der Waals surface area contributed by atoms with Crippen LogP contribution in [0.3, 0.4) is 0 Å². The number of allylic oxidation sites excluding steroid dienone is 2. The molecule has 2 nitrogen and oxygen atoms in total. The summed E-state index contributed by atoms with van der Waals surface area (Å²) in [6, 6.07) is 0. The smallest absolute Gasteiger partial charge is 0.207 e. The zero-order chi connectivity index (χ0) is 8.16. The Morgan fingerprint density at radius 3 is 2.45 bits per heavy atom. The molecule has 1 aliphatic rings. The molecule has 0 radical (unpaired) electrons. The van der Waals surface area contributed by atoms with Crippen molar-refractivity contribution in [2.24, 2.45) is 0 Å². The van der Waals surface area contributed by atoms with E-state index in [0.29, 0.717) is 6.61 Å². The molecule has 0 N–H and O–H groups in total. The first-order valence-electron chi connectivity index (χ1n) is 3.87. The Kier molecular flexibility index (Phi) is 2.85. The van der Waals surface area contributed by atoms with Crippen molar-refractivity contribution in [3.63, 3.8) is 0 Å². The highest BCUT2D eigenvalue weighted by atomic mass is 16.7. The van der Waals surface area contributed by atoms with Gasteiger partial charge in [0.2, 0.25) is 5.79 Å². The van der Waals surface area contributed by atoms with E-state index < -0.39 is 5.79 Å². The molecule has 0 amide bonds. The number of rotatable bonds is 3. The summed E-state index contributed by atoms with van der Waals surface area (Å²) in [6.07, 6.45) is 8.93. The van der Waals surface area contributed by atoms with Gasteiger partial charge in [-0.05, 0) is 25.5 Å². The Labute approximate surface area is 67.5 Å². The maximum Gasteiger partial charge on any atom is 0.207 e. The second kappa shape index (κ2) is 3.69. The van der Waals surface area contributed by atoms with E-state index in [2.05, 4.69) is 0 Å². The van der Waals surface area contributed by atoms with E-state index in [9.17, 15) is 0 Å². The van der Waals surface area contributed by atoms with Gasteiger partial charge in [-0.1, -0.05) is 12.2 Å². The average molecular weight is 154 g/mol. The van der Waals surface area contributed by atoms with Gasteiger partial charge in [0.15, 0.2) is 0 Å². The van der Waals surface area contributed by atoms with Gasteiger partial charge >= 0.3 is 0 Å². The van der Waals surface area contributed by atoms with E-state index in [1.54, 1.807) is 7.11 Å². The highest BCUT2D eigenvalue weighted by Crippen LogP contribution is 2.20. The van der Waals surface area contributed by atoms with Crippen LogP contribution < -0.4 is 0 Å². The Bertz CT molecular complexity index is 158. The summed E-state index contributed by atoms with van der Waals surface area (Å²) in [6.45, 7) is 2.61. The van der Waals surface area contributed by atoms with Crippen LogP contribution in [0, 0.1) is 0 Å². The topological polar surface area (TPSA) is 18.5 Å². The molecule has 0 bridgehead atoms. The normalized spacial score (nSPS) is 20.5. The molecule has 2 heteroatoms. The van der Waals surface area contributed by atoms with E-state index in [4.69, 9.17) is 9.47 Å². The quantitative estimate of drug-likeness (QED) is 0.456. The standard InChI is InChI=1S/C9H14O2/c1-3-11-9(10-2)7-5-4-6-8-9/h5-8H,3-4H2,1-2H3. The molecule has 0 fully saturated rings. The van der Waals surface area contributed by atoms with Crippen LogP contribution in [-0.4, -0.2) is 19.5 Å². The molecule has 0 saturated heterocycles. The van der Waals surface area contributed by atoms with Crippen molar-refractivity contribution in [2.75, 3.05) is 13.7 Å². The molecule has 0 spiro atoms. The van der Waals surface area contributed by atoms with Gasteiger partial charge in [-0.25, -0.2) is 0 Å². The Morgan fingerprint density at radius 1 is 1.36 bits per heavy atom. The van der Waals surface area contributed by atoms with E-state index in [1.807, 2.05) is 31.2 Å². The summed E-state index contributed by atoms with van der Waals surface area (Å²) in [5.41, 5.74) is 0. The Balaban J connectivity index is 2.65. The van der Waals surface area contributed by atoms with Crippen LogP contribution in [0.15, 0.2) is 24.3 Å². The summed E-state index contributed by atoms with van der Waals surface area (Å²) in [7, 11) is 1.65. The van der Waals surface area contributed by atoms with E-state index in [0.717, 1.165) is 6.42 Å². The fraction of sp³-hybridized carbons (Fsp3) is 0.556. The van der Waals surface area contributed by atoms with Crippen molar-refractivity contribution in [1.82, 2.24) is 0 Å². The van der Waals surface area contributed by atoms with Crippen LogP contribution in [0.4, 0.5) is 0 Å². The first kappa shape index (κ1) is 8.50. The monoisotopic (exact) mass is 154 g/mol. The molecule has 1 aliphatic carbocycles. The van der Waals surface area contributed by atoms with Crippen molar-refractivity contribution in [1.29, 1.82) is 0 Å². The minimum absolute atomic E-state index is 0.590. The van der Waals surface area contributed by atoms with E-state index in [1.165, 1.54) is 0 Å². The lowest BCUT2D eigenvalue weighted by Crippen LogP contribution is -2.31. The fourth-order valence-electron chi connectivity index (χ4n) is 1.12. The molecule has 0 atom stereocenters. The van der Waals surface area contributed by atoms with Crippen LogP contribution in [0.5, 0.6) is 0 Å². The maximum atomic E-state index is 5.42. The van der Waals surface area contributed by atoms with E-state index in [-0.39, 0.29) is 0 Å². The van der Waals surface area contributed by atoms with Crippen molar-refractivity contribution in [3.05, 3.63) is 24.3 Å². The van der Waals surface area contributed by atoms with Crippen LogP contribution in [0.2, 0.25) is 0 Å². The molecule has 0 unspecified atom stereocenters. The molecule has 11 heavy (non-hydrogen) atoms. The van der Waals surface area contributed by atoms with Gasteiger partial charge in [-0.15, -0.1) is 0 Å². The van der Waals surface area contributed by atoms with E-state index >= 15 is 0 Å². The van der Waals surface area contributed by atoms with Crippen LogP contribution >= 0.6 is 0 Å². The van der Waals surface area contributed by atoms with Gasteiger partial charge in [0, 0.05) is 13.7 Å². The van der Waals surface area contributed by atoms with Gasteiger partial charge in [0.05, 0.1) is 0 Å². The molecule has 0 aromatic heterocycles. The lowest BCUT2D eigenvalue weighted by atomic mass is 10.1. The predicted octanol–water partition coefficient (Wildman–Crippen LogP) is 1.88. The van der Waals surface area contributed by atoms with Crippen molar-refractivity contribution in [3.8, 4) is 0 Å². The number of hydrogen-bond acceptors (Lipinski definition) is 2. The zero-order valence-electron chi connectivity index (χ0n) is 7.04. The molecule has 0 aliphatic heterocycles. The van der Waals surface area contributed by atoms with Gasteiger partial charge in [0.1, 0.15) is 0 Å². The molecular formula is C9H14O2. The molecule has 0 saturated carbocycles. The fourth-order valence-corrected chi connectivity index (χ4v) is 1.12. The summed E-state index contributed by atoms with van der Waals surface area (Å²) >= 11 is 0. The third-order valence-electron chi connectivity index (χ3n) is 1.66. The summed E-state index contributed by atoms with van der Waals surface area (Å²) in [5.74, 6) is -0.590. The minimum atomic E-state index is -0.590. The van der Waals surface area contributed by atoms with Gasteiger partial charge in [-0.3, -0.25) is 0 Å². The molecular weight excluding hydrogens is 140 g/mol. The summed E-state index contributed by atoms with van der Waals surface area (Å²) in [5, 5.41) is 0. The Morgan fingerprint density at radius 2 is 2.00 bits per heavy atom. The second-order valence-electron chi connectivity index (χ2n) is 2.40. The lowest BCUT2D eigenvalue weighted by Gasteiger charge is -2.26. The number of methoxy groups -OCH3 is 1. The third-order valence-corrected chi connectivity index (χ3v) is 1.66. The molecule has 62 valence electrons. The second-order valence-corrected chi connectivity index (χ2v) is 2.40. The average Bonchev–Trinajstić information content (AvgIpc) is 2.07. The molecule has 0 aromatic carbocycles. The van der Waals surface area contributed by atoms with Crippen molar-refractivity contribution >= 4 is 0 Å². The van der Waals surface area contributed by atoms with Crippen LogP contribution in [0.25, 0.3) is 0 Å². The van der Waals surface area contributed by atoms with Gasteiger partial charge < -0.3 is 9.47 Å². The largest absolute Gasteiger partial charge is 0.346 e. The van der Waals surface area contributed by atoms with Crippen LogP contribution in [-0.2, 0) is 9.47 Å². The zero-order valence-corrected chi connectivity index (χ0v) is 7.04. The Hall–Kier alpha value is -0.600. The van der Waals surface area contributed by atoms with Gasteiger partial charge in [-0.2, -0.15) is 0 Å². The van der Waals surface area contributed by atoms with Crippen LogP contribution in [0.1, 0.15) is 13.3 Å². The molecule has 0 aromatic rings. The first-order valence-corrected chi connectivity index (χ1v) is 3.87.